The van der Waals surface area contributed by atoms with Crippen LogP contribution in [0.1, 0.15) is 18.5 Å². The number of rotatable bonds is 5. The Morgan fingerprint density at radius 1 is 1.54 bits per heavy atom. The molecule has 2 N–H and O–H groups in total. The Morgan fingerprint density at radius 2 is 2.31 bits per heavy atom. The maximum Gasteiger partial charge on any atom is 0.150 e. The van der Waals surface area contributed by atoms with Crippen molar-refractivity contribution in [3.05, 3.63) is 11.1 Å². The second kappa shape index (κ2) is 7.62. The Bertz CT molecular complexity index is 228. The monoisotopic (exact) mass is 238 g/mol. The minimum absolute atomic E-state index is 0. The number of halogens is 1. The van der Waals surface area contributed by atoms with Crippen molar-refractivity contribution in [1.29, 1.82) is 0 Å². The molecule has 0 saturated heterocycles. The molecule has 0 bridgehead atoms. The highest BCUT2D eigenvalue weighted by Gasteiger charge is 1.97. The second-order valence-corrected chi connectivity index (χ2v) is 4.80. The van der Waals surface area contributed by atoms with E-state index in [1.807, 2.05) is 18.7 Å². The second-order valence-electron chi connectivity index (χ2n) is 2.60. The van der Waals surface area contributed by atoms with Gasteiger partial charge in [0.2, 0.25) is 0 Å². The zero-order chi connectivity index (χ0) is 8.81. The molecule has 0 spiro atoms. The van der Waals surface area contributed by atoms with Crippen LogP contribution in [0.3, 0.4) is 0 Å². The summed E-state index contributed by atoms with van der Waals surface area (Å²) in [5, 5.41) is 2.09. The average molecular weight is 239 g/mol. The minimum atomic E-state index is 0. The van der Waals surface area contributed by atoms with Gasteiger partial charge in [-0.2, -0.15) is 0 Å². The third kappa shape index (κ3) is 5.52. The third-order valence-electron chi connectivity index (χ3n) is 1.42. The molecule has 0 aromatic carbocycles. The lowest BCUT2D eigenvalue weighted by molar-refractivity contribution is 0.814. The Hall–Kier alpha value is 0.230. The number of aromatic nitrogens is 1. The van der Waals surface area contributed by atoms with Gasteiger partial charge < -0.3 is 5.73 Å². The fourth-order valence-corrected chi connectivity index (χ4v) is 2.72. The van der Waals surface area contributed by atoms with E-state index in [1.54, 1.807) is 11.3 Å². The first-order valence-electron chi connectivity index (χ1n) is 4.08. The van der Waals surface area contributed by atoms with Gasteiger partial charge in [0.1, 0.15) is 4.34 Å². The normalized spacial score (nSPS) is 9.69. The number of thiazole rings is 1. The summed E-state index contributed by atoms with van der Waals surface area (Å²) >= 11 is 3.56. The Kier molecular flexibility index (Phi) is 7.75. The molecule has 13 heavy (non-hydrogen) atoms. The van der Waals surface area contributed by atoms with E-state index < -0.39 is 0 Å². The van der Waals surface area contributed by atoms with E-state index in [2.05, 4.69) is 10.4 Å². The first kappa shape index (κ1) is 13.2. The summed E-state index contributed by atoms with van der Waals surface area (Å²) in [6.07, 6.45) is 2.32. The van der Waals surface area contributed by atoms with Crippen molar-refractivity contribution >= 4 is 35.5 Å². The largest absolute Gasteiger partial charge is 0.330 e. The molecule has 0 radical (unpaired) electrons. The van der Waals surface area contributed by atoms with Gasteiger partial charge in [0.05, 0.1) is 0 Å². The van der Waals surface area contributed by atoms with E-state index in [0.29, 0.717) is 0 Å². The van der Waals surface area contributed by atoms with Gasteiger partial charge in [-0.3, -0.25) is 0 Å². The molecular weight excluding hydrogens is 224 g/mol. The molecule has 1 heterocycles. The Morgan fingerprint density at radius 3 is 2.85 bits per heavy atom. The number of hydrogen-bond acceptors (Lipinski definition) is 4. The summed E-state index contributed by atoms with van der Waals surface area (Å²) in [5.41, 5.74) is 6.52. The number of unbranched alkanes of at least 4 members (excludes halogenated alkanes) is 1. The molecule has 0 saturated carbocycles. The summed E-state index contributed by atoms with van der Waals surface area (Å²) in [5.74, 6) is 1.14. The Labute approximate surface area is 93.7 Å². The maximum atomic E-state index is 5.39. The molecule has 76 valence electrons. The molecule has 1 aromatic rings. The molecule has 1 rings (SSSR count). The smallest absolute Gasteiger partial charge is 0.150 e. The summed E-state index contributed by atoms with van der Waals surface area (Å²) in [7, 11) is 0. The Balaban J connectivity index is 0.00000144. The first-order valence-corrected chi connectivity index (χ1v) is 5.94. The summed E-state index contributed by atoms with van der Waals surface area (Å²) < 4.78 is 1.18. The van der Waals surface area contributed by atoms with E-state index >= 15 is 0 Å². The number of nitrogens with zero attached hydrogens (tertiary/aromatic N) is 1. The average Bonchev–Trinajstić information content (AvgIpc) is 2.45. The molecule has 5 heteroatoms. The van der Waals surface area contributed by atoms with Gasteiger partial charge >= 0.3 is 0 Å². The van der Waals surface area contributed by atoms with E-state index in [-0.39, 0.29) is 12.4 Å². The van der Waals surface area contributed by atoms with Crippen LogP contribution in [-0.2, 0) is 0 Å². The fraction of sp³-hybridized carbons (Fsp3) is 0.625. The van der Waals surface area contributed by atoms with Crippen molar-refractivity contribution in [3.63, 3.8) is 0 Å². The van der Waals surface area contributed by atoms with Gasteiger partial charge in [-0.1, -0.05) is 11.8 Å². The van der Waals surface area contributed by atoms with Crippen molar-refractivity contribution in [3.8, 4) is 0 Å². The summed E-state index contributed by atoms with van der Waals surface area (Å²) in [6.45, 7) is 2.83. The van der Waals surface area contributed by atoms with E-state index in [1.165, 1.54) is 10.8 Å². The van der Waals surface area contributed by atoms with Gasteiger partial charge in [-0.05, 0) is 26.3 Å². The van der Waals surface area contributed by atoms with Crippen LogP contribution in [-0.4, -0.2) is 17.3 Å². The van der Waals surface area contributed by atoms with E-state index in [0.717, 1.165) is 24.4 Å². The predicted octanol–water partition coefficient (Wildman–Crippen LogP) is 2.70. The summed E-state index contributed by atoms with van der Waals surface area (Å²) in [4.78, 5) is 4.36. The standard InChI is InChI=1S/C8H14N2S2.ClH/c1-7-6-12-8(10-7)11-5-3-2-4-9;/h6H,2-5,9H2,1H3;1H. The summed E-state index contributed by atoms with van der Waals surface area (Å²) in [6, 6.07) is 0. The molecule has 1 aromatic heterocycles. The lowest BCUT2D eigenvalue weighted by Crippen LogP contribution is -1.98. The highest BCUT2D eigenvalue weighted by atomic mass is 35.5. The number of thioether (sulfide) groups is 1. The molecule has 0 atom stereocenters. The molecular formula is C8H15ClN2S2. The number of nitrogens with two attached hydrogens (primary N) is 1. The van der Waals surface area contributed by atoms with Crippen LogP contribution >= 0.6 is 35.5 Å². The van der Waals surface area contributed by atoms with Crippen molar-refractivity contribution in [2.24, 2.45) is 5.73 Å². The van der Waals surface area contributed by atoms with Gasteiger partial charge in [0, 0.05) is 16.8 Å². The lowest BCUT2D eigenvalue weighted by atomic mass is 10.3. The molecule has 0 aliphatic rings. The van der Waals surface area contributed by atoms with Crippen LogP contribution in [0.15, 0.2) is 9.72 Å². The van der Waals surface area contributed by atoms with Crippen LogP contribution in [0.4, 0.5) is 0 Å². The molecule has 0 fully saturated rings. The first-order chi connectivity index (χ1) is 5.83. The van der Waals surface area contributed by atoms with E-state index in [9.17, 15) is 0 Å². The quantitative estimate of drug-likeness (QED) is 0.633. The predicted molar refractivity (Wildman–Crippen MR) is 63.1 cm³/mol. The van der Waals surface area contributed by atoms with Crippen LogP contribution in [0.2, 0.25) is 0 Å². The third-order valence-corrected chi connectivity index (χ3v) is 3.65. The van der Waals surface area contributed by atoms with Crippen LogP contribution in [0, 0.1) is 6.92 Å². The molecule has 0 amide bonds. The van der Waals surface area contributed by atoms with Crippen molar-refractivity contribution in [2.75, 3.05) is 12.3 Å². The highest BCUT2D eigenvalue weighted by molar-refractivity contribution is 8.00. The molecule has 2 nitrogen and oxygen atoms in total. The molecule has 0 aliphatic heterocycles. The van der Waals surface area contributed by atoms with Gasteiger partial charge in [0.15, 0.2) is 0 Å². The van der Waals surface area contributed by atoms with Gasteiger partial charge in [-0.15, -0.1) is 23.7 Å². The lowest BCUT2D eigenvalue weighted by Gasteiger charge is -1.95. The van der Waals surface area contributed by atoms with Crippen molar-refractivity contribution in [1.82, 2.24) is 4.98 Å². The zero-order valence-electron chi connectivity index (χ0n) is 7.66. The van der Waals surface area contributed by atoms with E-state index in [4.69, 9.17) is 5.73 Å². The SMILES string of the molecule is Cc1csc(SCCCCN)n1.Cl. The number of aryl methyl sites for hydroxylation is 1. The fourth-order valence-electron chi connectivity index (χ4n) is 0.805. The maximum absolute atomic E-state index is 5.39. The van der Waals surface area contributed by atoms with Crippen molar-refractivity contribution in [2.45, 2.75) is 24.1 Å². The van der Waals surface area contributed by atoms with Crippen LogP contribution < -0.4 is 5.73 Å². The van der Waals surface area contributed by atoms with Crippen LogP contribution in [0.5, 0.6) is 0 Å². The van der Waals surface area contributed by atoms with Crippen molar-refractivity contribution < 1.29 is 0 Å². The minimum Gasteiger partial charge on any atom is -0.330 e. The van der Waals surface area contributed by atoms with Gasteiger partial charge in [-0.25, -0.2) is 4.98 Å². The van der Waals surface area contributed by atoms with Gasteiger partial charge in [0.25, 0.3) is 0 Å². The zero-order valence-corrected chi connectivity index (χ0v) is 10.1. The molecule has 0 aliphatic carbocycles. The topological polar surface area (TPSA) is 38.9 Å². The van der Waals surface area contributed by atoms with Crippen LogP contribution in [0.25, 0.3) is 0 Å². The molecule has 0 unspecified atom stereocenters. The number of hydrogen-bond donors (Lipinski definition) is 1. The highest BCUT2D eigenvalue weighted by Crippen LogP contribution is 2.22.